The van der Waals surface area contributed by atoms with Crippen LogP contribution < -0.4 is 0 Å². The van der Waals surface area contributed by atoms with Crippen molar-refractivity contribution in [3.8, 4) is 0 Å². The van der Waals surface area contributed by atoms with Gasteiger partial charge in [0.05, 0.1) is 5.92 Å². The molecule has 1 heterocycles. The van der Waals surface area contributed by atoms with E-state index in [0.29, 0.717) is 18.4 Å². The summed E-state index contributed by atoms with van der Waals surface area (Å²) in [6, 6.07) is 0. The lowest BCUT2D eigenvalue weighted by Crippen LogP contribution is -2.20. The topological polar surface area (TPSA) is 63.6 Å². The number of esters is 1. The van der Waals surface area contributed by atoms with Crippen LogP contribution in [0.5, 0.6) is 0 Å². The van der Waals surface area contributed by atoms with Crippen LogP contribution in [0.15, 0.2) is 11.6 Å². The molecule has 0 aromatic rings. The van der Waals surface area contributed by atoms with E-state index in [1.54, 1.807) is 6.08 Å². The van der Waals surface area contributed by atoms with Gasteiger partial charge in [-0.15, -0.1) is 0 Å². The zero-order valence-electron chi connectivity index (χ0n) is 9.47. The van der Waals surface area contributed by atoms with Gasteiger partial charge in [0, 0.05) is 11.5 Å². The highest BCUT2D eigenvalue weighted by molar-refractivity contribution is 5.87. The summed E-state index contributed by atoms with van der Waals surface area (Å²) in [6.45, 7) is 3.73. The Morgan fingerprint density at radius 2 is 2.19 bits per heavy atom. The van der Waals surface area contributed by atoms with Crippen molar-refractivity contribution in [2.24, 2.45) is 17.8 Å². The Hall–Kier alpha value is -1.32. The fourth-order valence-corrected chi connectivity index (χ4v) is 2.66. The van der Waals surface area contributed by atoms with E-state index >= 15 is 0 Å². The van der Waals surface area contributed by atoms with Gasteiger partial charge in [-0.3, -0.25) is 4.79 Å². The summed E-state index contributed by atoms with van der Waals surface area (Å²) in [5.41, 5.74) is 0.456. The Kier molecular flexibility index (Phi) is 2.74. The van der Waals surface area contributed by atoms with E-state index in [-0.39, 0.29) is 29.8 Å². The molecular formula is C12H16O4. The molecular weight excluding hydrogens is 208 g/mol. The number of allylic oxidation sites excluding steroid dienone is 1. The zero-order chi connectivity index (χ0) is 11.9. The van der Waals surface area contributed by atoms with Crippen LogP contribution in [-0.4, -0.2) is 23.1 Å². The normalized spacial score (nSPS) is 38.4. The van der Waals surface area contributed by atoms with E-state index in [0.717, 1.165) is 0 Å². The fourth-order valence-electron chi connectivity index (χ4n) is 2.66. The number of hydrogen-bond acceptors (Lipinski definition) is 3. The third-order valence-electron chi connectivity index (χ3n) is 3.73. The number of hydrogen-bond donors (Lipinski definition) is 1. The number of fused-ring (bicyclic) bond motifs is 1. The molecule has 4 nitrogen and oxygen atoms in total. The number of carbonyl (C=O) groups excluding carboxylic acids is 1. The molecule has 0 aromatic carbocycles. The highest BCUT2D eigenvalue weighted by Crippen LogP contribution is 2.38. The summed E-state index contributed by atoms with van der Waals surface area (Å²) in [6.07, 6.45) is 2.91. The fraction of sp³-hybridized carbons (Fsp3) is 0.667. The minimum atomic E-state index is -0.855. The van der Waals surface area contributed by atoms with Crippen LogP contribution in [0.3, 0.4) is 0 Å². The van der Waals surface area contributed by atoms with Crippen LogP contribution in [0.4, 0.5) is 0 Å². The van der Waals surface area contributed by atoms with Gasteiger partial charge in [-0.2, -0.15) is 0 Å². The Balaban J connectivity index is 2.22. The molecule has 1 N–H and O–H groups in total. The highest BCUT2D eigenvalue weighted by atomic mass is 16.6. The van der Waals surface area contributed by atoms with Crippen molar-refractivity contribution >= 4 is 11.9 Å². The van der Waals surface area contributed by atoms with Crippen LogP contribution in [0.25, 0.3) is 0 Å². The van der Waals surface area contributed by atoms with Gasteiger partial charge in [-0.05, 0) is 18.8 Å². The van der Waals surface area contributed by atoms with E-state index in [1.165, 1.54) is 0 Å². The highest BCUT2D eigenvalue weighted by Gasteiger charge is 2.43. The molecule has 16 heavy (non-hydrogen) atoms. The molecule has 0 aromatic heterocycles. The first-order chi connectivity index (χ1) is 7.50. The molecule has 0 radical (unpaired) electrons. The van der Waals surface area contributed by atoms with E-state index in [9.17, 15) is 9.59 Å². The molecule has 0 amide bonds. The smallest absolute Gasteiger partial charge is 0.331 e. The predicted octanol–water partition coefficient (Wildman–Crippen LogP) is 1.60. The Morgan fingerprint density at radius 1 is 1.50 bits per heavy atom. The second-order valence-corrected chi connectivity index (χ2v) is 4.76. The van der Waals surface area contributed by atoms with Gasteiger partial charge >= 0.3 is 11.9 Å². The van der Waals surface area contributed by atoms with Crippen LogP contribution in [0.2, 0.25) is 0 Å². The van der Waals surface area contributed by atoms with Gasteiger partial charge in [-0.25, -0.2) is 4.79 Å². The molecule has 0 spiro atoms. The molecule has 4 atom stereocenters. The molecule has 4 heteroatoms. The molecule has 1 aliphatic heterocycles. The van der Waals surface area contributed by atoms with Crippen molar-refractivity contribution in [3.63, 3.8) is 0 Å². The Labute approximate surface area is 94.3 Å². The number of carboxylic acids is 1. The van der Waals surface area contributed by atoms with E-state index in [4.69, 9.17) is 9.84 Å². The quantitative estimate of drug-likeness (QED) is 0.687. The minimum Gasteiger partial charge on any atom is -0.478 e. The molecule has 2 aliphatic rings. The standard InChI is InChI=1S/C12H16O4/c1-6-5-10-9(7(2)12(15)16-10)4-3-8(6)11(13)14/h3,6-7,9-10H,4-5H2,1-2H3,(H,13,14). The predicted molar refractivity (Wildman–Crippen MR) is 56.7 cm³/mol. The summed E-state index contributed by atoms with van der Waals surface area (Å²) in [4.78, 5) is 22.4. The van der Waals surface area contributed by atoms with Crippen molar-refractivity contribution in [2.45, 2.75) is 32.8 Å². The van der Waals surface area contributed by atoms with Crippen LogP contribution >= 0.6 is 0 Å². The third-order valence-corrected chi connectivity index (χ3v) is 3.73. The molecule has 88 valence electrons. The van der Waals surface area contributed by atoms with Crippen molar-refractivity contribution in [3.05, 3.63) is 11.6 Å². The molecule has 0 saturated carbocycles. The van der Waals surface area contributed by atoms with Crippen molar-refractivity contribution in [2.75, 3.05) is 0 Å². The number of carbonyl (C=O) groups is 2. The molecule has 1 saturated heterocycles. The number of ether oxygens (including phenoxy) is 1. The Bertz CT molecular complexity index is 358. The third kappa shape index (κ3) is 1.72. The molecule has 2 rings (SSSR count). The summed E-state index contributed by atoms with van der Waals surface area (Å²) in [5, 5.41) is 9.04. The molecule has 1 fully saturated rings. The average Bonchev–Trinajstić information content (AvgIpc) is 2.38. The lowest BCUT2D eigenvalue weighted by atomic mass is 9.87. The van der Waals surface area contributed by atoms with Gasteiger partial charge < -0.3 is 9.84 Å². The number of carboxylic acid groups (broad SMARTS) is 1. The largest absolute Gasteiger partial charge is 0.478 e. The second kappa shape index (κ2) is 3.92. The number of rotatable bonds is 1. The molecule has 1 aliphatic carbocycles. The van der Waals surface area contributed by atoms with Crippen LogP contribution in [0.1, 0.15) is 26.7 Å². The maximum absolute atomic E-state index is 11.4. The van der Waals surface area contributed by atoms with Gasteiger partial charge in [-0.1, -0.05) is 19.9 Å². The average molecular weight is 224 g/mol. The van der Waals surface area contributed by atoms with E-state index in [1.807, 2.05) is 13.8 Å². The van der Waals surface area contributed by atoms with E-state index < -0.39 is 5.97 Å². The zero-order valence-corrected chi connectivity index (χ0v) is 9.47. The first kappa shape index (κ1) is 11.2. The summed E-state index contributed by atoms with van der Waals surface area (Å²) >= 11 is 0. The SMILES string of the molecule is CC1CC2OC(=O)C(C)C2CC=C1C(=O)O. The second-order valence-electron chi connectivity index (χ2n) is 4.76. The van der Waals surface area contributed by atoms with Gasteiger partial charge in [0.15, 0.2) is 0 Å². The van der Waals surface area contributed by atoms with E-state index in [2.05, 4.69) is 0 Å². The summed E-state index contributed by atoms with van der Waals surface area (Å²) < 4.78 is 5.29. The van der Waals surface area contributed by atoms with Crippen molar-refractivity contribution in [1.29, 1.82) is 0 Å². The molecule has 0 bridgehead atoms. The monoisotopic (exact) mass is 224 g/mol. The molecule has 4 unspecified atom stereocenters. The van der Waals surface area contributed by atoms with Crippen LogP contribution in [0, 0.1) is 17.8 Å². The minimum absolute atomic E-state index is 0.0504. The van der Waals surface area contributed by atoms with Gasteiger partial charge in [0.2, 0.25) is 0 Å². The summed E-state index contributed by atoms with van der Waals surface area (Å²) in [5.74, 6) is -1.01. The van der Waals surface area contributed by atoms with Crippen molar-refractivity contribution < 1.29 is 19.4 Å². The van der Waals surface area contributed by atoms with Crippen molar-refractivity contribution in [1.82, 2.24) is 0 Å². The van der Waals surface area contributed by atoms with Gasteiger partial charge in [0.1, 0.15) is 6.10 Å². The van der Waals surface area contributed by atoms with Crippen LogP contribution in [-0.2, 0) is 14.3 Å². The first-order valence-electron chi connectivity index (χ1n) is 5.64. The summed E-state index contributed by atoms with van der Waals surface area (Å²) in [7, 11) is 0. The lowest BCUT2D eigenvalue weighted by Gasteiger charge is -2.17. The number of aliphatic carboxylic acids is 1. The van der Waals surface area contributed by atoms with Gasteiger partial charge in [0.25, 0.3) is 0 Å². The maximum Gasteiger partial charge on any atom is 0.331 e. The Morgan fingerprint density at radius 3 is 2.81 bits per heavy atom. The first-order valence-corrected chi connectivity index (χ1v) is 5.64. The maximum atomic E-state index is 11.4. The lowest BCUT2D eigenvalue weighted by molar-refractivity contribution is -0.144.